The first-order chi connectivity index (χ1) is 12.4. The smallest absolute Gasteiger partial charge is 0.338 e. The van der Waals surface area contributed by atoms with Gasteiger partial charge in [-0.3, -0.25) is 9.59 Å². The largest absolute Gasteiger partial charge is 0.508 e. The van der Waals surface area contributed by atoms with Gasteiger partial charge in [-0.2, -0.15) is 0 Å². The number of carboxylic acid groups (broad SMARTS) is 1. The molecule has 1 heterocycles. The Morgan fingerprint density at radius 3 is 2.62 bits per heavy atom. The molecule has 0 fully saturated rings. The lowest BCUT2D eigenvalue weighted by atomic mass is 10.0. The topological polar surface area (TPSA) is 114 Å². The number of ether oxygens (including phenoxy) is 1. The predicted octanol–water partition coefficient (Wildman–Crippen LogP) is 2.85. The third kappa shape index (κ3) is 3.11. The van der Waals surface area contributed by atoms with E-state index in [0.717, 1.165) is 0 Å². The van der Waals surface area contributed by atoms with Crippen molar-refractivity contribution in [3.05, 3.63) is 51.7 Å². The predicted molar refractivity (Wildman–Crippen MR) is 93.6 cm³/mol. The number of aliphatic carboxylic acids is 1. The third-order valence-corrected chi connectivity index (χ3v) is 4.02. The van der Waals surface area contributed by atoms with Crippen LogP contribution >= 0.6 is 0 Å². The molecule has 2 aromatic carbocycles. The average Bonchev–Trinajstić information content (AvgIpc) is 2.61. The van der Waals surface area contributed by atoms with Crippen molar-refractivity contribution in [2.24, 2.45) is 0 Å². The van der Waals surface area contributed by atoms with E-state index in [1.54, 1.807) is 6.92 Å². The minimum atomic E-state index is -1.02. The fraction of sp³-hybridized carbons (Fsp3) is 0.211. The van der Waals surface area contributed by atoms with Crippen molar-refractivity contribution in [2.45, 2.75) is 19.8 Å². The monoisotopic (exact) mass is 356 g/mol. The number of fused-ring (bicyclic) bond motifs is 2. The molecule has 3 aromatic rings. The van der Waals surface area contributed by atoms with Gasteiger partial charge in [-0.25, -0.2) is 4.79 Å². The maximum absolute atomic E-state index is 12.8. The quantitative estimate of drug-likeness (QED) is 0.533. The van der Waals surface area contributed by atoms with Crippen LogP contribution in [-0.4, -0.2) is 28.8 Å². The number of carbonyl (C=O) groups excluding carboxylic acids is 1. The van der Waals surface area contributed by atoms with Gasteiger partial charge in [0.15, 0.2) is 0 Å². The molecule has 0 saturated heterocycles. The first-order valence-corrected chi connectivity index (χ1v) is 8.02. The first-order valence-electron chi connectivity index (χ1n) is 8.02. The molecule has 0 aliphatic carbocycles. The minimum absolute atomic E-state index is 0.0217. The van der Waals surface area contributed by atoms with E-state index in [1.165, 1.54) is 30.3 Å². The number of aryl methyl sites for hydroxylation is 1. The molecule has 0 saturated carbocycles. The Morgan fingerprint density at radius 1 is 1.15 bits per heavy atom. The number of phenols is 1. The summed E-state index contributed by atoms with van der Waals surface area (Å²) in [4.78, 5) is 35.5. The zero-order valence-corrected chi connectivity index (χ0v) is 13.9. The van der Waals surface area contributed by atoms with Crippen molar-refractivity contribution in [1.29, 1.82) is 0 Å². The lowest BCUT2D eigenvalue weighted by Crippen LogP contribution is -2.08. The number of carbonyl (C=O) groups is 2. The molecular weight excluding hydrogens is 340 g/mol. The van der Waals surface area contributed by atoms with Gasteiger partial charge in [-0.05, 0) is 43.7 Å². The van der Waals surface area contributed by atoms with E-state index in [-0.39, 0.29) is 63.7 Å². The summed E-state index contributed by atoms with van der Waals surface area (Å²) in [5.74, 6) is -1.70. The van der Waals surface area contributed by atoms with E-state index in [1.807, 2.05) is 0 Å². The van der Waals surface area contributed by atoms with Crippen LogP contribution in [0.4, 0.5) is 0 Å². The molecule has 0 amide bonds. The van der Waals surface area contributed by atoms with Gasteiger partial charge in [-0.1, -0.05) is 0 Å². The van der Waals surface area contributed by atoms with Gasteiger partial charge in [0, 0.05) is 12.0 Å². The Hall–Kier alpha value is -3.35. The fourth-order valence-corrected chi connectivity index (χ4v) is 2.78. The van der Waals surface area contributed by atoms with Gasteiger partial charge in [0.2, 0.25) is 5.43 Å². The van der Waals surface area contributed by atoms with Crippen LogP contribution in [0.15, 0.2) is 39.5 Å². The van der Waals surface area contributed by atoms with Gasteiger partial charge in [-0.15, -0.1) is 0 Å². The van der Waals surface area contributed by atoms with Crippen LogP contribution in [0.1, 0.15) is 29.3 Å². The van der Waals surface area contributed by atoms with Crippen LogP contribution in [0.25, 0.3) is 21.9 Å². The Labute approximate surface area is 147 Å². The lowest BCUT2D eigenvalue weighted by Gasteiger charge is -2.09. The molecule has 0 aliphatic heterocycles. The molecular formula is C19H16O7. The number of esters is 1. The third-order valence-electron chi connectivity index (χ3n) is 4.02. The number of phenolic OH excluding ortho intramolecular Hbond substituents is 1. The van der Waals surface area contributed by atoms with Crippen molar-refractivity contribution >= 4 is 33.9 Å². The van der Waals surface area contributed by atoms with E-state index in [0.29, 0.717) is 0 Å². The maximum atomic E-state index is 12.8. The summed E-state index contributed by atoms with van der Waals surface area (Å²) in [6.07, 6.45) is -0.190. The van der Waals surface area contributed by atoms with Crippen molar-refractivity contribution in [2.75, 3.05) is 6.61 Å². The van der Waals surface area contributed by atoms with Crippen LogP contribution in [0.2, 0.25) is 0 Å². The van der Waals surface area contributed by atoms with E-state index in [2.05, 4.69) is 0 Å². The molecule has 0 atom stereocenters. The molecule has 7 nitrogen and oxygen atoms in total. The number of benzene rings is 2. The van der Waals surface area contributed by atoms with Gasteiger partial charge in [0.1, 0.15) is 16.9 Å². The SMILES string of the molecule is CCOC(=O)c1ccc2oc3c(CCC(=O)O)c(O)ccc3c(=O)c2c1. The summed E-state index contributed by atoms with van der Waals surface area (Å²) < 4.78 is 10.7. The Kier molecular flexibility index (Phi) is 4.62. The molecule has 3 rings (SSSR count). The Balaban J connectivity index is 2.23. The van der Waals surface area contributed by atoms with E-state index in [4.69, 9.17) is 14.3 Å². The second-order valence-corrected chi connectivity index (χ2v) is 5.70. The molecule has 1 aromatic heterocycles. The van der Waals surface area contributed by atoms with Gasteiger partial charge >= 0.3 is 11.9 Å². The highest BCUT2D eigenvalue weighted by molar-refractivity contribution is 5.97. The summed E-state index contributed by atoms with van der Waals surface area (Å²) in [6.45, 7) is 1.90. The Bertz CT molecular complexity index is 1080. The summed E-state index contributed by atoms with van der Waals surface area (Å²) in [5.41, 5.74) is 0.503. The molecule has 0 aliphatic rings. The van der Waals surface area contributed by atoms with Crippen molar-refractivity contribution < 1.29 is 29.0 Å². The summed E-state index contributed by atoms with van der Waals surface area (Å²) in [5, 5.41) is 19.3. The van der Waals surface area contributed by atoms with Crippen LogP contribution < -0.4 is 5.43 Å². The van der Waals surface area contributed by atoms with Crippen molar-refractivity contribution in [3.8, 4) is 5.75 Å². The summed E-state index contributed by atoms with van der Waals surface area (Å²) in [6, 6.07) is 7.11. The standard InChI is InChI=1S/C19H16O7/c1-2-25-19(24)10-3-7-15-13(9-10)17(23)12-4-6-14(20)11(18(12)26-15)5-8-16(21)22/h3-4,6-7,9,20H,2,5,8H2,1H3,(H,21,22). The zero-order chi connectivity index (χ0) is 18.8. The highest BCUT2D eigenvalue weighted by Gasteiger charge is 2.17. The highest BCUT2D eigenvalue weighted by atomic mass is 16.5. The van der Waals surface area contributed by atoms with Crippen LogP contribution in [-0.2, 0) is 16.0 Å². The molecule has 7 heteroatoms. The molecule has 0 spiro atoms. The number of hydrogen-bond acceptors (Lipinski definition) is 6. The first kappa shape index (κ1) is 17.5. The molecule has 26 heavy (non-hydrogen) atoms. The molecule has 2 N–H and O–H groups in total. The molecule has 0 unspecified atom stereocenters. The summed E-state index contributed by atoms with van der Waals surface area (Å²) >= 11 is 0. The van der Waals surface area contributed by atoms with Gasteiger partial charge < -0.3 is 19.4 Å². The molecule has 134 valence electrons. The highest BCUT2D eigenvalue weighted by Crippen LogP contribution is 2.29. The van der Waals surface area contributed by atoms with E-state index in [9.17, 15) is 19.5 Å². The zero-order valence-electron chi connectivity index (χ0n) is 13.9. The van der Waals surface area contributed by atoms with Crippen molar-refractivity contribution in [3.63, 3.8) is 0 Å². The fourth-order valence-electron chi connectivity index (χ4n) is 2.78. The number of aromatic hydroxyl groups is 1. The minimum Gasteiger partial charge on any atom is -0.508 e. The Morgan fingerprint density at radius 2 is 1.92 bits per heavy atom. The average molecular weight is 356 g/mol. The molecule has 0 bridgehead atoms. The normalized spacial score (nSPS) is 11.0. The number of carboxylic acids is 1. The second kappa shape index (κ2) is 6.87. The van der Waals surface area contributed by atoms with Crippen LogP contribution in [0, 0.1) is 0 Å². The van der Waals surface area contributed by atoms with E-state index >= 15 is 0 Å². The van der Waals surface area contributed by atoms with Gasteiger partial charge in [0.25, 0.3) is 0 Å². The van der Waals surface area contributed by atoms with Crippen molar-refractivity contribution in [1.82, 2.24) is 0 Å². The van der Waals surface area contributed by atoms with Crippen LogP contribution in [0.3, 0.4) is 0 Å². The van der Waals surface area contributed by atoms with E-state index < -0.39 is 11.9 Å². The molecule has 0 radical (unpaired) electrons. The van der Waals surface area contributed by atoms with Crippen LogP contribution in [0.5, 0.6) is 5.75 Å². The number of hydrogen-bond donors (Lipinski definition) is 2. The number of rotatable bonds is 5. The van der Waals surface area contributed by atoms with Gasteiger partial charge in [0.05, 0.1) is 22.9 Å². The summed E-state index contributed by atoms with van der Waals surface area (Å²) in [7, 11) is 0. The maximum Gasteiger partial charge on any atom is 0.338 e. The lowest BCUT2D eigenvalue weighted by molar-refractivity contribution is -0.136. The second-order valence-electron chi connectivity index (χ2n) is 5.70.